The van der Waals surface area contributed by atoms with Crippen LogP contribution in [-0.4, -0.2) is 35.9 Å². The van der Waals surface area contributed by atoms with E-state index < -0.39 is 0 Å². The van der Waals surface area contributed by atoms with Crippen molar-refractivity contribution in [1.82, 2.24) is 29.6 Å². The first-order chi connectivity index (χ1) is 13.6. The van der Waals surface area contributed by atoms with Gasteiger partial charge in [0.2, 0.25) is 4.77 Å². The summed E-state index contributed by atoms with van der Waals surface area (Å²) in [7, 11) is 0. The summed E-state index contributed by atoms with van der Waals surface area (Å²) in [5.74, 6) is 0. The van der Waals surface area contributed by atoms with Gasteiger partial charge in [0, 0.05) is 29.7 Å². The summed E-state index contributed by atoms with van der Waals surface area (Å²) in [4.78, 5) is 16.4. The predicted octanol–water partition coefficient (Wildman–Crippen LogP) is 2.74. The van der Waals surface area contributed by atoms with Gasteiger partial charge >= 0.3 is 0 Å². The first-order valence-electron chi connectivity index (χ1n) is 8.41. The summed E-state index contributed by atoms with van der Waals surface area (Å²) in [5, 5.41) is 15.4. The Morgan fingerprint density at radius 2 is 2.00 bits per heavy atom. The zero-order chi connectivity index (χ0) is 19.5. The number of para-hydroxylation sites is 1. The van der Waals surface area contributed by atoms with Crippen LogP contribution in [0, 0.1) is 11.7 Å². The summed E-state index contributed by atoms with van der Waals surface area (Å²) in [6.45, 7) is 1.59. The van der Waals surface area contributed by atoms with Gasteiger partial charge in [-0.05, 0) is 43.4 Å². The smallest absolute Gasteiger partial charge is 0.265 e. The van der Waals surface area contributed by atoms with Crippen LogP contribution >= 0.6 is 12.2 Å². The maximum absolute atomic E-state index is 12.3. The lowest BCUT2D eigenvalue weighted by Crippen LogP contribution is -2.22. The molecule has 9 heteroatoms. The highest BCUT2D eigenvalue weighted by atomic mass is 32.1. The molecule has 4 aromatic rings. The van der Waals surface area contributed by atoms with E-state index in [-0.39, 0.29) is 16.0 Å². The number of nitrogens with zero attached hydrogens (tertiary/aromatic N) is 6. The molecule has 3 aromatic heterocycles. The third kappa shape index (κ3) is 3.42. The molecular formula is C19H15N7OS. The van der Waals surface area contributed by atoms with Crippen molar-refractivity contribution in [1.29, 1.82) is 0 Å². The highest BCUT2D eigenvalue weighted by Gasteiger charge is 2.11. The monoisotopic (exact) mass is 389 g/mol. The topological polar surface area (TPSA) is 93.8 Å². The lowest BCUT2D eigenvalue weighted by Gasteiger charge is -2.00. The van der Waals surface area contributed by atoms with Crippen molar-refractivity contribution in [3.8, 4) is 16.9 Å². The van der Waals surface area contributed by atoms with E-state index in [0.717, 1.165) is 15.9 Å². The van der Waals surface area contributed by atoms with Crippen molar-refractivity contribution in [2.75, 3.05) is 0 Å². The average molecular weight is 389 g/mol. The summed E-state index contributed by atoms with van der Waals surface area (Å²) >= 11 is 5.12. The molecule has 0 fully saturated rings. The minimum atomic E-state index is -0.377. The predicted molar refractivity (Wildman–Crippen MR) is 108 cm³/mol. The molecule has 0 atom stereocenters. The van der Waals surface area contributed by atoms with Crippen molar-refractivity contribution in [3.05, 3.63) is 87.4 Å². The Balaban J connectivity index is 1.84. The summed E-state index contributed by atoms with van der Waals surface area (Å²) in [5.41, 5.74) is 3.04. The van der Waals surface area contributed by atoms with Crippen molar-refractivity contribution >= 4 is 18.4 Å². The van der Waals surface area contributed by atoms with Gasteiger partial charge in [-0.3, -0.25) is 14.9 Å². The van der Waals surface area contributed by atoms with Crippen molar-refractivity contribution < 1.29 is 0 Å². The van der Waals surface area contributed by atoms with Gasteiger partial charge in [-0.15, -0.1) is 0 Å². The zero-order valence-electron chi connectivity index (χ0n) is 14.9. The summed E-state index contributed by atoms with van der Waals surface area (Å²) < 4.78 is 2.97. The molecule has 8 nitrogen and oxygen atoms in total. The molecule has 0 bridgehead atoms. The molecular weight excluding hydrogens is 374 g/mol. The highest BCUT2D eigenvalue weighted by molar-refractivity contribution is 7.71. The number of hydrogen-bond acceptors (Lipinski definition) is 6. The van der Waals surface area contributed by atoms with Crippen LogP contribution in [0.25, 0.3) is 16.9 Å². The van der Waals surface area contributed by atoms with Gasteiger partial charge in [-0.1, -0.05) is 18.2 Å². The van der Waals surface area contributed by atoms with E-state index in [1.807, 2.05) is 48.7 Å². The second-order valence-electron chi connectivity index (χ2n) is 5.93. The number of pyridine rings is 1. The van der Waals surface area contributed by atoms with Crippen LogP contribution < -0.4 is 5.56 Å². The van der Waals surface area contributed by atoms with Crippen LogP contribution in [0.15, 0.2) is 71.0 Å². The fourth-order valence-electron chi connectivity index (χ4n) is 2.62. The minimum Gasteiger partial charge on any atom is -0.265 e. The van der Waals surface area contributed by atoms with Crippen molar-refractivity contribution in [3.63, 3.8) is 0 Å². The quantitative estimate of drug-likeness (QED) is 0.428. The van der Waals surface area contributed by atoms with E-state index in [0.29, 0.717) is 11.3 Å². The Kier molecular flexibility index (Phi) is 4.73. The number of nitrogens with one attached hydrogen (secondary N) is 1. The number of aromatic amines is 1. The van der Waals surface area contributed by atoms with Crippen LogP contribution in [0.3, 0.4) is 0 Å². The van der Waals surface area contributed by atoms with Gasteiger partial charge in [-0.25, -0.2) is 4.68 Å². The van der Waals surface area contributed by atoms with Gasteiger partial charge in [0.15, 0.2) is 0 Å². The first kappa shape index (κ1) is 17.7. The molecule has 0 aliphatic carbocycles. The fraction of sp³-hybridized carbons (Fsp3) is 0.0526. The summed E-state index contributed by atoms with van der Waals surface area (Å²) in [6.07, 6.45) is 6.82. The molecule has 28 heavy (non-hydrogen) atoms. The fourth-order valence-corrected chi connectivity index (χ4v) is 2.79. The largest absolute Gasteiger partial charge is 0.296 e. The van der Waals surface area contributed by atoms with E-state index >= 15 is 0 Å². The average Bonchev–Trinajstić information content (AvgIpc) is 3.16. The lowest BCUT2D eigenvalue weighted by atomic mass is 10.1. The molecule has 0 amide bonds. The molecule has 1 N–H and O–H groups in total. The Morgan fingerprint density at radius 1 is 1.18 bits per heavy atom. The van der Waals surface area contributed by atoms with Crippen LogP contribution in [0.5, 0.6) is 0 Å². The Bertz CT molecular complexity index is 1260. The van der Waals surface area contributed by atoms with Gasteiger partial charge in [0.05, 0.1) is 11.9 Å². The number of aryl methyl sites for hydroxylation is 1. The molecule has 0 spiro atoms. The number of aromatic nitrogens is 6. The minimum absolute atomic E-state index is 0.116. The first-order valence-corrected chi connectivity index (χ1v) is 8.82. The number of rotatable bonds is 4. The Hall–Kier alpha value is -3.72. The van der Waals surface area contributed by atoms with Crippen molar-refractivity contribution in [2.45, 2.75) is 6.92 Å². The van der Waals surface area contributed by atoms with Crippen LogP contribution in [-0.2, 0) is 0 Å². The van der Waals surface area contributed by atoms with E-state index in [4.69, 9.17) is 12.2 Å². The standard InChI is InChI=1S/C19H15N7OS/c1-13-18(27)26(19(28)23-22-13)21-11-15-12-25(16-7-3-2-4-8-16)24-17(15)14-6-5-9-20-10-14/h2-12H,1H3,(H,23,28)/b21-11+. The van der Waals surface area contributed by atoms with Gasteiger partial charge in [0.1, 0.15) is 11.4 Å². The Labute approximate surface area is 164 Å². The van der Waals surface area contributed by atoms with E-state index in [1.54, 1.807) is 30.2 Å². The van der Waals surface area contributed by atoms with Crippen molar-refractivity contribution in [2.24, 2.45) is 5.10 Å². The molecule has 0 saturated heterocycles. The number of hydrogen-bond donors (Lipinski definition) is 1. The van der Waals surface area contributed by atoms with Gasteiger partial charge < -0.3 is 0 Å². The molecule has 0 aliphatic rings. The Morgan fingerprint density at radius 3 is 2.75 bits per heavy atom. The maximum Gasteiger partial charge on any atom is 0.296 e. The molecule has 3 heterocycles. The van der Waals surface area contributed by atoms with Crippen LogP contribution in [0.4, 0.5) is 0 Å². The normalized spacial score (nSPS) is 11.2. The molecule has 0 aliphatic heterocycles. The molecule has 0 radical (unpaired) electrons. The third-order valence-corrected chi connectivity index (χ3v) is 4.29. The van der Waals surface area contributed by atoms with Gasteiger partial charge in [0.25, 0.3) is 5.56 Å². The zero-order valence-corrected chi connectivity index (χ0v) is 15.7. The third-order valence-electron chi connectivity index (χ3n) is 4.02. The molecule has 0 unspecified atom stereocenters. The van der Waals surface area contributed by atoms with Gasteiger partial charge in [-0.2, -0.15) is 20.0 Å². The highest BCUT2D eigenvalue weighted by Crippen LogP contribution is 2.21. The maximum atomic E-state index is 12.3. The van der Waals surface area contributed by atoms with E-state index in [2.05, 4.69) is 25.4 Å². The SMILES string of the molecule is Cc1n[nH]c(=S)n(/N=C/c2cn(-c3ccccc3)nc2-c2cccnc2)c1=O. The summed E-state index contributed by atoms with van der Waals surface area (Å²) in [6, 6.07) is 13.5. The molecule has 0 saturated carbocycles. The second-order valence-corrected chi connectivity index (χ2v) is 6.32. The molecule has 4 rings (SSSR count). The molecule has 138 valence electrons. The van der Waals surface area contributed by atoms with E-state index in [1.165, 1.54) is 0 Å². The van der Waals surface area contributed by atoms with Crippen LogP contribution in [0.1, 0.15) is 11.3 Å². The second kappa shape index (κ2) is 7.49. The van der Waals surface area contributed by atoms with E-state index in [9.17, 15) is 4.79 Å². The lowest BCUT2D eigenvalue weighted by molar-refractivity contribution is 0.720. The van der Waals surface area contributed by atoms with Crippen LogP contribution in [0.2, 0.25) is 0 Å². The number of benzene rings is 1. The number of H-pyrrole nitrogens is 1. The molecule has 1 aromatic carbocycles.